The molecule has 0 aromatic heterocycles. The number of carbonyl (C=O) groups excluding carboxylic acids is 11. The van der Waals surface area contributed by atoms with Crippen LogP contribution in [0.5, 0.6) is 0 Å². The highest BCUT2D eigenvalue weighted by atomic mass is 19.3. The smallest absolute Gasteiger partial charge is 0.310 e. The first-order valence-electron chi connectivity index (χ1n) is 48.8. The molecule has 4 aliphatic carbocycles. The molecule has 2 N–H and O–H groups in total. The molecule has 0 bridgehead atoms. The normalized spacial score (nSPS) is 18.9. The van der Waals surface area contributed by atoms with Crippen molar-refractivity contribution >= 4 is 70.1 Å². The summed E-state index contributed by atoms with van der Waals surface area (Å²) in [5.74, 6) is -20.1. The average Bonchev–Trinajstić information content (AvgIpc) is 1.68. The first-order chi connectivity index (χ1) is 62.2. The number of alkyl halides is 8. The van der Waals surface area contributed by atoms with Gasteiger partial charge in [0.2, 0.25) is 23.1 Å². The third kappa shape index (κ3) is 46.9. The number of Topliss-reactive ketones (excluding diaryl/α,β-unsaturated/α-hetero) is 6. The lowest BCUT2D eigenvalue weighted by Crippen LogP contribution is -2.30. The quantitative estimate of drug-likeness (QED) is 0.0230. The first kappa shape index (κ1) is 114. The van der Waals surface area contributed by atoms with Gasteiger partial charge in [-0.2, -0.15) is 35.1 Å². The van der Waals surface area contributed by atoms with Gasteiger partial charge in [0.15, 0.2) is 11.6 Å². The zero-order valence-corrected chi connectivity index (χ0v) is 77.9. The second kappa shape index (κ2) is 64.6. The number of hydrogen-bond donors (Lipinski definition) is 2. The van der Waals surface area contributed by atoms with Crippen molar-refractivity contribution in [3.05, 3.63) is 132 Å². The van der Waals surface area contributed by atoms with Gasteiger partial charge in [-0.3, -0.25) is 57.5 Å². The number of aliphatic carboxylic acids is 1. The molecule has 0 heterocycles. The Labute approximate surface area is 767 Å². The fraction of sp³-hybridized carbons (Fsp3) is 0.676. The maximum atomic E-state index is 14.1. The number of aliphatic hydroxyl groups is 1. The lowest BCUT2D eigenvalue weighted by molar-refractivity contribution is -0.145. The highest BCUT2D eigenvalue weighted by molar-refractivity contribution is 5.95. The molecule has 0 radical (unpaired) electrons. The standard InChI is InChI=1S/C28H40F2O5.2C28H38F2O4.C21H34F2O4/c1-2-3-10-17-28(29,30)26(33)16-15-23-22(24(31)20-25(23)32)14-9-4-5-11-18-35-27(34)19-21-12-7-6-8-13-21;1-2-3-11-20-28(29,30)26(32)19-17-23-16-18-25(31)24(23)14-9-4-5-10-15-27(33)34-21-22-12-7-6-8-13-22;1-2-3-10-19-28(29,30)26(32)18-16-23-15-17-25(31)24(23)14-9-4-5-11-20-34-27(33)21-22-12-7-6-8-13-22;1-2-3-8-15-21(22,23)19(25)14-12-16-11-13-18(24)17(16)9-6-4-5-7-10-20(26)27/h6-8,12-13,22-23,25,32H,2-5,9-11,14-20H2,1H3;6-8,12-13,16,18,23-24H,2-5,9-11,14-15,17,19-21H2,1H3;6-8,12-13,15,17,23-24H,2-5,9-11,14,16,18-21H2,1H3;16-17H,2-15H2,1H3,(H,26,27)/t22-,23-,25-;2*23-,24-;16-,17-/m1111/s1. The van der Waals surface area contributed by atoms with E-state index in [0.29, 0.717) is 129 Å². The molecular weight excluding hydrogens is 1690 g/mol. The highest BCUT2D eigenvalue weighted by Crippen LogP contribution is 2.41. The predicted octanol–water partition coefficient (Wildman–Crippen LogP) is 25.1. The van der Waals surface area contributed by atoms with E-state index in [1.165, 1.54) is 12.2 Å². The lowest BCUT2D eigenvalue weighted by atomic mass is 9.85. The zero-order valence-electron chi connectivity index (χ0n) is 77.9. The summed E-state index contributed by atoms with van der Waals surface area (Å²) in [6, 6.07) is 28.4. The van der Waals surface area contributed by atoms with E-state index in [-0.39, 0.29) is 166 Å². The molecule has 728 valence electrons. The van der Waals surface area contributed by atoms with E-state index in [4.69, 9.17) is 19.3 Å². The van der Waals surface area contributed by atoms with Crippen LogP contribution in [0.15, 0.2) is 115 Å². The summed E-state index contributed by atoms with van der Waals surface area (Å²) in [6.45, 7) is 8.74. The van der Waals surface area contributed by atoms with Gasteiger partial charge >= 0.3 is 47.6 Å². The number of ketones is 8. The van der Waals surface area contributed by atoms with Crippen LogP contribution >= 0.6 is 0 Å². The Bertz CT molecular complexity index is 3870. The fourth-order valence-corrected chi connectivity index (χ4v) is 17.5. The molecule has 0 aliphatic heterocycles. The third-order valence-electron chi connectivity index (χ3n) is 25.5. The van der Waals surface area contributed by atoms with E-state index in [2.05, 4.69) is 0 Å². The number of esters is 3. The van der Waals surface area contributed by atoms with Crippen LogP contribution in [0.1, 0.15) is 359 Å². The summed E-state index contributed by atoms with van der Waals surface area (Å²) in [5.41, 5.74) is 2.80. The Kier molecular flexibility index (Phi) is 56.7. The van der Waals surface area contributed by atoms with Gasteiger partial charge in [-0.1, -0.05) is 259 Å². The maximum absolute atomic E-state index is 14.1. The van der Waals surface area contributed by atoms with Gasteiger partial charge in [0.1, 0.15) is 18.2 Å². The minimum absolute atomic E-state index is 0.0247. The van der Waals surface area contributed by atoms with Crippen LogP contribution in [0.2, 0.25) is 0 Å². The van der Waals surface area contributed by atoms with Crippen LogP contribution in [0, 0.1) is 47.3 Å². The third-order valence-corrected chi connectivity index (χ3v) is 25.5. The number of ether oxygens (including phenoxy) is 3. The summed E-state index contributed by atoms with van der Waals surface area (Å²) in [6.07, 6.45) is 29.9. The Balaban J connectivity index is 0.000000364. The zero-order chi connectivity index (χ0) is 95.6. The Hall–Kier alpha value is -8.22. The molecule has 4 aliphatic rings. The van der Waals surface area contributed by atoms with Crippen LogP contribution in [0.25, 0.3) is 0 Å². The van der Waals surface area contributed by atoms with Crippen molar-refractivity contribution in [1.82, 2.24) is 0 Å². The number of unbranched alkanes of at least 4 members (excludes halogenated alkanes) is 20. The topological polar surface area (TPSA) is 273 Å². The van der Waals surface area contributed by atoms with Crippen molar-refractivity contribution in [2.75, 3.05) is 13.2 Å². The van der Waals surface area contributed by atoms with Crippen LogP contribution in [-0.4, -0.2) is 123 Å². The van der Waals surface area contributed by atoms with Gasteiger partial charge in [-0.05, 0) is 162 Å². The second-order valence-corrected chi connectivity index (χ2v) is 36.1. The molecule has 3 aromatic rings. The summed E-state index contributed by atoms with van der Waals surface area (Å²) < 4.78 is 128. The number of carboxylic acid groups (broad SMARTS) is 1. The van der Waals surface area contributed by atoms with Gasteiger partial charge < -0.3 is 24.4 Å². The summed E-state index contributed by atoms with van der Waals surface area (Å²) in [7, 11) is 0. The number of halogens is 8. The number of carbonyl (C=O) groups is 12. The molecule has 0 spiro atoms. The van der Waals surface area contributed by atoms with Crippen molar-refractivity contribution in [3.8, 4) is 0 Å². The second-order valence-electron chi connectivity index (χ2n) is 36.1. The van der Waals surface area contributed by atoms with E-state index in [9.17, 15) is 97.8 Å². The van der Waals surface area contributed by atoms with Crippen LogP contribution in [-0.2, 0) is 91.2 Å². The fourth-order valence-electron chi connectivity index (χ4n) is 17.5. The van der Waals surface area contributed by atoms with Crippen molar-refractivity contribution in [1.29, 1.82) is 0 Å². The lowest BCUT2D eigenvalue weighted by Gasteiger charge is -2.22. The predicted molar refractivity (Wildman–Crippen MR) is 487 cm³/mol. The van der Waals surface area contributed by atoms with Crippen molar-refractivity contribution in [2.45, 2.75) is 392 Å². The summed E-state index contributed by atoms with van der Waals surface area (Å²) in [4.78, 5) is 143. The Morgan fingerprint density at radius 2 is 0.700 bits per heavy atom. The maximum Gasteiger partial charge on any atom is 0.310 e. The number of benzene rings is 3. The first-order valence-corrected chi connectivity index (χ1v) is 48.8. The Morgan fingerprint density at radius 1 is 0.354 bits per heavy atom. The van der Waals surface area contributed by atoms with E-state index in [1.807, 2.05) is 119 Å². The molecule has 0 saturated heterocycles. The summed E-state index contributed by atoms with van der Waals surface area (Å²) >= 11 is 0. The van der Waals surface area contributed by atoms with Gasteiger partial charge in [0.05, 0.1) is 32.2 Å². The molecule has 2 fully saturated rings. The molecule has 2 saturated carbocycles. The molecular formula is C105H150F8O17. The number of aliphatic hydroxyl groups excluding tert-OH is 1. The number of rotatable bonds is 66. The van der Waals surface area contributed by atoms with E-state index in [1.54, 1.807) is 12.2 Å². The number of hydrogen-bond acceptors (Lipinski definition) is 16. The number of carboxylic acids is 1. The molecule has 0 amide bonds. The minimum Gasteiger partial charge on any atom is -0.481 e. The number of allylic oxidation sites excluding steroid dienone is 4. The van der Waals surface area contributed by atoms with Gasteiger partial charge in [0, 0.05) is 101 Å². The minimum atomic E-state index is -3.33. The SMILES string of the molecule is CCCCCC(F)(F)C(=O)CC[C@H]1C=CC(=O)[C@@H]1CCCCCCC(=O)OCc1ccccc1.CCCCCC(F)(F)C(=O)CC[C@H]1C=CC(=O)[C@@H]1CCCCCCOC(=O)Cc1ccccc1.CCCCCC(F)(F)C(=O)CC[C@H]1CCC(=O)[C@@H]1CCCCCCC(=O)O.CCCCCC(F)(F)C(=O)CC[C@H]1[C@H](O)CC(=O)[C@@H]1CCCCCCOC(=O)Cc1ccccc1. The largest absolute Gasteiger partial charge is 0.481 e. The van der Waals surface area contributed by atoms with E-state index in [0.717, 1.165) is 145 Å². The van der Waals surface area contributed by atoms with Crippen LogP contribution < -0.4 is 0 Å². The van der Waals surface area contributed by atoms with Crippen LogP contribution in [0.4, 0.5) is 35.1 Å². The molecule has 0 unspecified atom stereocenters. The van der Waals surface area contributed by atoms with Gasteiger partial charge in [-0.15, -0.1) is 0 Å². The van der Waals surface area contributed by atoms with Crippen molar-refractivity contribution in [2.24, 2.45) is 47.3 Å². The molecule has 7 rings (SSSR count). The summed E-state index contributed by atoms with van der Waals surface area (Å²) in [5, 5.41) is 18.9. The van der Waals surface area contributed by atoms with Gasteiger partial charge in [-0.25, -0.2) is 0 Å². The Morgan fingerprint density at radius 3 is 1.09 bits per heavy atom. The molecule has 130 heavy (non-hydrogen) atoms. The monoisotopic (exact) mass is 1840 g/mol. The average molecular weight is 1840 g/mol. The van der Waals surface area contributed by atoms with Crippen LogP contribution in [0.3, 0.4) is 0 Å². The van der Waals surface area contributed by atoms with E-state index < -0.39 is 71.2 Å². The molecule has 17 nitrogen and oxygen atoms in total. The van der Waals surface area contributed by atoms with Gasteiger partial charge in [0.25, 0.3) is 0 Å². The van der Waals surface area contributed by atoms with Crippen molar-refractivity contribution in [3.63, 3.8) is 0 Å². The van der Waals surface area contributed by atoms with Crippen molar-refractivity contribution < 1.29 is 117 Å². The molecule has 3 aromatic carbocycles. The molecule has 9 atom stereocenters. The highest BCUT2D eigenvalue weighted by Gasteiger charge is 2.45. The van der Waals surface area contributed by atoms with E-state index >= 15 is 0 Å². The molecule has 25 heteroatoms.